The lowest BCUT2D eigenvalue weighted by Crippen LogP contribution is -2.67. The van der Waals surface area contributed by atoms with Crippen molar-refractivity contribution < 1.29 is 24.1 Å². The van der Waals surface area contributed by atoms with E-state index in [9.17, 15) is 5.11 Å². The zero-order chi connectivity index (χ0) is 17.2. The first-order chi connectivity index (χ1) is 12.3. The lowest BCUT2D eigenvalue weighted by Gasteiger charge is -2.51. The van der Waals surface area contributed by atoms with Crippen molar-refractivity contribution in [1.82, 2.24) is 4.90 Å². The summed E-state index contributed by atoms with van der Waals surface area (Å²) in [7, 11) is 1.63. The van der Waals surface area contributed by atoms with Crippen LogP contribution >= 0.6 is 0 Å². The van der Waals surface area contributed by atoms with Crippen LogP contribution < -0.4 is 0 Å². The van der Waals surface area contributed by atoms with Gasteiger partial charge in [-0.15, -0.1) is 0 Å². The number of hydrogen-bond acceptors (Lipinski definition) is 6. The van der Waals surface area contributed by atoms with Gasteiger partial charge >= 0.3 is 0 Å². The third-order valence-electron chi connectivity index (χ3n) is 5.45. The van der Waals surface area contributed by atoms with E-state index in [1.54, 1.807) is 7.11 Å². The first kappa shape index (κ1) is 17.4. The van der Waals surface area contributed by atoms with E-state index in [4.69, 9.17) is 18.9 Å². The van der Waals surface area contributed by atoms with E-state index in [0.29, 0.717) is 6.61 Å². The highest BCUT2D eigenvalue weighted by Gasteiger charge is 2.51. The lowest BCUT2D eigenvalue weighted by atomic mass is 9.93. The molecule has 0 spiro atoms. The highest BCUT2D eigenvalue weighted by molar-refractivity contribution is 5.16. The molecule has 6 heteroatoms. The standard InChI is InChI=1S/C19H27NO5/c1-22-19-15(20-10-6-3-7-11-20)16(21)17-14(24-19)12-23-18(25-17)13-8-4-2-5-9-13/h2,4-5,8-9,14-19,21H,3,6-7,10-12H2,1H3/t14-,15-,16-,17-,18-,19-/m1/s1. The first-order valence-corrected chi connectivity index (χ1v) is 9.20. The van der Waals surface area contributed by atoms with Gasteiger partial charge in [0.05, 0.1) is 12.6 Å². The summed E-state index contributed by atoms with van der Waals surface area (Å²) >= 11 is 0. The summed E-state index contributed by atoms with van der Waals surface area (Å²) in [4.78, 5) is 2.29. The van der Waals surface area contributed by atoms with Crippen LogP contribution in [0.3, 0.4) is 0 Å². The maximum Gasteiger partial charge on any atom is 0.184 e. The fourth-order valence-corrected chi connectivity index (χ4v) is 4.16. The van der Waals surface area contributed by atoms with Crippen LogP contribution in [-0.4, -0.2) is 67.5 Å². The molecule has 3 saturated heterocycles. The number of piperidine rings is 1. The van der Waals surface area contributed by atoms with Gasteiger partial charge in [0.25, 0.3) is 0 Å². The maximum absolute atomic E-state index is 11.1. The van der Waals surface area contributed by atoms with E-state index in [1.807, 2.05) is 30.3 Å². The molecule has 3 aliphatic heterocycles. The minimum atomic E-state index is -0.670. The Balaban J connectivity index is 1.52. The van der Waals surface area contributed by atoms with Crippen LogP contribution in [0.4, 0.5) is 0 Å². The first-order valence-electron chi connectivity index (χ1n) is 9.20. The summed E-state index contributed by atoms with van der Waals surface area (Å²) in [5, 5.41) is 11.1. The van der Waals surface area contributed by atoms with Crippen LogP contribution in [0.25, 0.3) is 0 Å². The molecule has 1 aromatic rings. The summed E-state index contributed by atoms with van der Waals surface area (Å²) in [6.07, 6.45) is 1.19. The highest BCUT2D eigenvalue weighted by atomic mass is 16.7. The Morgan fingerprint density at radius 1 is 1.08 bits per heavy atom. The van der Waals surface area contributed by atoms with Gasteiger partial charge in [-0.05, 0) is 25.9 Å². The number of ether oxygens (including phenoxy) is 4. The average molecular weight is 349 g/mol. The number of hydrogen-bond donors (Lipinski definition) is 1. The number of fused-ring (bicyclic) bond motifs is 1. The minimum Gasteiger partial charge on any atom is -0.388 e. The molecule has 3 heterocycles. The Morgan fingerprint density at radius 3 is 2.56 bits per heavy atom. The predicted molar refractivity (Wildman–Crippen MR) is 90.9 cm³/mol. The molecule has 4 rings (SSSR count). The van der Waals surface area contributed by atoms with Crippen molar-refractivity contribution >= 4 is 0 Å². The maximum atomic E-state index is 11.1. The molecular formula is C19H27NO5. The Morgan fingerprint density at radius 2 is 1.84 bits per heavy atom. The molecule has 1 N–H and O–H groups in total. The molecule has 138 valence electrons. The van der Waals surface area contributed by atoms with Gasteiger partial charge in [0.2, 0.25) is 0 Å². The number of aliphatic hydroxyl groups excluding tert-OH is 1. The normalized spacial score (nSPS) is 39.8. The average Bonchev–Trinajstić information content (AvgIpc) is 2.69. The van der Waals surface area contributed by atoms with E-state index >= 15 is 0 Å². The lowest BCUT2D eigenvalue weighted by molar-refractivity contribution is -0.350. The van der Waals surface area contributed by atoms with Crippen LogP contribution in [0.2, 0.25) is 0 Å². The molecule has 0 saturated carbocycles. The summed E-state index contributed by atoms with van der Waals surface area (Å²) in [5.74, 6) is 0. The Kier molecular flexibility index (Phi) is 5.36. The van der Waals surface area contributed by atoms with Gasteiger partial charge in [0, 0.05) is 12.7 Å². The second-order valence-corrected chi connectivity index (χ2v) is 7.03. The van der Waals surface area contributed by atoms with Crippen LogP contribution in [0.15, 0.2) is 30.3 Å². The Bertz CT molecular complexity index is 550. The molecule has 0 bridgehead atoms. The molecule has 0 amide bonds. The fraction of sp³-hybridized carbons (Fsp3) is 0.684. The molecule has 0 aromatic heterocycles. The third-order valence-corrected chi connectivity index (χ3v) is 5.45. The summed E-state index contributed by atoms with van der Waals surface area (Å²) < 4.78 is 23.6. The number of methoxy groups -OCH3 is 1. The molecule has 0 unspecified atom stereocenters. The van der Waals surface area contributed by atoms with Gasteiger partial charge in [-0.2, -0.15) is 0 Å². The van der Waals surface area contributed by atoms with Gasteiger partial charge in [-0.25, -0.2) is 0 Å². The Hall–Kier alpha value is -1.02. The molecule has 3 fully saturated rings. The van der Waals surface area contributed by atoms with Gasteiger partial charge in [0.1, 0.15) is 18.3 Å². The van der Waals surface area contributed by atoms with Gasteiger partial charge in [-0.1, -0.05) is 36.8 Å². The molecular weight excluding hydrogens is 322 g/mol. The third kappa shape index (κ3) is 3.47. The van der Waals surface area contributed by atoms with E-state index < -0.39 is 24.8 Å². The molecule has 6 nitrogen and oxygen atoms in total. The predicted octanol–water partition coefficient (Wildman–Crippen LogP) is 1.69. The van der Waals surface area contributed by atoms with Crippen molar-refractivity contribution in [1.29, 1.82) is 0 Å². The molecule has 0 aliphatic carbocycles. The van der Waals surface area contributed by atoms with Crippen LogP contribution in [0, 0.1) is 0 Å². The van der Waals surface area contributed by atoms with Crippen LogP contribution in [0.5, 0.6) is 0 Å². The Labute approximate surface area is 148 Å². The van der Waals surface area contributed by atoms with E-state index in [2.05, 4.69) is 4.90 Å². The molecule has 0 radical (unpaired) electrons. The molecule has 3 aliphatic rings. The second-order valence-electron chi connectivity index (χ2n) is 7.03. The minimum absolute atomic E-state index is 0.207. The molecule has 25 heavy (non-hydrogen) atoms. The number of benzene rings is 1. The fourth-order valence-electron chi connectivity index (χ4n) is 4.16. The van der Waals surface area contributed by atoms with Crippen molar-refractivity contribution in [3.05, 3.63) is 35.9 Å². The molecule has 6 atom stereocenters. The van der Waals surface area contributed by atoms with Crippen molar-refractivity contribution in [2.24, 2.45) is 0 Å². The van der Waals surface area contributed by atoms with Gasteiger partial charge < -0.3 is 24.1 Å². The monoisotopic (exact) mass is 349 g/mol. The van der Waals surface area contributed by atoms with Crippen LogP contribution in [-0.2, 0) is 18.9 Å². The quantitative estimate of drug-likeness (QED) is 0.896. The van der Waals surface area contributed by atoms with Crippen molar-refractivity contribution in [2.75, 3.05) is 26.8 Å². The van der Waals surface area contributed by atoms with Gasteiger partial charge in [-0.3, -0.25) is 4.90 Å². The number of likely N-dealkylation sites (tertiary alicyclic amines) is 1. The molecule has 1 aromatic carbocycles. The van der Waals surface area contributed by atoms with Crippen molar-refractivity contribution in [2.45, 2.75) is 56.2 Å². The van der Waals surface area contributed by atoms with E-state index in [-0.39, 0.29) is 12.1 Å². The number of aliphatic hydroxyl groups is 1. The second kappa shape index (κ2) is 7.70. The summed E-state index contributed by atoms with van der Waals surface area (Å²) in [5.41, 5.74) is 0.955. The van der Waals surface area contributed by atoms with E-state index in [1.165, 1.54) is 6.42 Å². The number of nitrogens with zero attached hydrogens (tertiary/aromatic N) is 1. The van der Waals surface area contributed by atoms with Crippen molar-refractivity contribution in [3.63, 3.8) is 0 Å². The summed E-state index contributed by atoms with van der Waals surface area (Å²) in [6.45, 7) is 2.30. The highest BCUT2D eigenvalue weighted by Crippen LogP contribution is 2.36. The zero-order valence-corrected chi connectivity index (χ0v) is 14.6. The van der Waals surface area contributed by atoms with E-state index in [0.717, 1.165) is 31.5 Å². The largest absolute Gasteiger partial charge is 0.388 e. The van der Waals surface area contributed by atoms with Crippen molar-refractivity contribution in [3.8, 4) is 0 Å². The summed E-state index contributed by atoms with van der Waals surface area (Å²) in [6, 6.07) is 9.62. The smallest absolute Gasteiger partial charge is 0.184 e. The SMILES string of the molecule is CO[C@@H]1O[C@@H]2CO[C@@H](c3ccccc3)O[C@H]2[C@H](O)[C@H]1N1CCCCC1. The topological polar surface area (TPSA) is 60.4 Å². The zero-order valence-electron chi connectivity index (χ0n) is 14.6. The number of rotatable bonds is 3. The van der Waals surface area contributed by atoms with Crippen LogP contribution in [0.1, 0.15) is 31.1 Å². The van der Waals surface area contributed by atoms with Gasteiger partial charge in [0.15, 0.2) is 12.6 Å².